The minimum Gasteiger partial charge on any atom is -0.448 e. The lowest BCUT2D eigenvalue weighted by Crippen LogP contribution is -2.40. The second-order valence-corrected chi connectivity index (χ2v) is 7.31. The number of imide groups is 1. The Balaban J connectivity index is 1.46. The van der Waals surface area contributed by atoms with Gasteiger partial charge in [-0.3, -0.25) is 9.59 Å². The lowest BCUT2D eigenvalue weighted by molar-refractivity contribution is -0.140. The van der Waals surface area contributed by atoms with Crippen LogP contribution in [-0.2, 0) is 9.59 Å². The summed E-state index contributed by atoms with van der Waals surface area (Å²) in [6.45, 7) is 0. The van der Waals surface area contributed by atoms with Crippen LogP contribution < -0.4 is 0 Å². The smallest absolute Gasteiger partial charge is 0.254 e. The minimum atomic E-state index is -0.202. The van der Waals surface area contributed by atoms with E-state index in [1.54, 1.807) is 12.1 Å². The normalized spacial score (nSPS) is 41.4. The standard InChI is InChI=1S/C16H13BrN2O3/c17-12-4-1-7(22-12)6-18-19-15(20)13-8-2-3-9(11-5-10(8)11)14(13)16(19)21/h1-4,6,8-11,13-14H,5H2/b18-6-/t8-,9-,10-,11-,13-,14+/m1/s1. The van der Waals surface area contributed by atoms with Crippen LogP contribution in [0.3, 0.4) is 0 Å². The number of hydrogen-bond donors (Lipinski definition) is 0. The maximum absolute atomic E-state index is 12.6. The fourth-order valence-electron chi connectivity index (χ4n) is 4.57. The van der Waals surface area contributed by atoms with Gasteiger partial charge in [-0.15, -0.1) is 0 Å². The monoisotopic (exact) mass is 360 g/mol. The van der Waals surface area contributed by atoms with Crippen molar-refractivity contribution in [3.05, 3.63) is 34.7 Å². The number of carbonyl (C=O) groups excluding carboxylic acids is 2. The summed E-state index contributed by atoms with van der Waals surface area (Å²) in [7, 11) is 0. The summed E-state index contributed by atoms with van der Waals surface area (Å²) < 4.78 is 5.90. The minimum absolute atomic E-state index is 0.151. The molecule has 22 heavy (non-hydrogen) atoms. The fourth-order valence-corrected chi connectivity index (χ4v) is 4.89. The van der Waals surface area contributed by atoms with Gasteiger partial charge in [0.2, 0.25) is 0 Å². The molecule has 2 heterocycles. The van der Waals surface area contributed by atoms with Crippen LogP contribution >= 0.6 is 15.9 Å². The van der Waals surface area contributed by atoms with Crippen LogP contribution in [0, 0.1) is 35.5 Å². The highest BCUT2D eigenvalue weighted by molar-refractivity contribution is 9.10. The Bertz CT molecular complexity index is 716. The summed E-state index contributed by atoms with van der Waals surface area (Å²) >= 11 is 3.21. The number of hydrazone groups is 1. The Morgan fingerprint density at radius 3 is 2.32 bits per heavy atom. The second kappa shape index (κ2) is 4.19. The number of furan rings is 1. The van der Waals surface area contributed by atoms with E-state index in [1.807, 2.05) is 0 Å². The summed E-state index contributed by atoms with van der Waals surface area (Å²) in [5.41, 5.74) is 0. The van der Waals surface area contributed by atoms with E-state index in [4.69, 9.17) is 4.42 Å². The van der Waals surface area contributed by atoms with E-state index < -0.39 is 0 Å². The van der Waals surface area contributed by atoms with E-state index in [1.165, 1.54) is 12.6 Å². The summed E-state index contributed by atoms with van der Waals surface area (Å²) in [4.78, 5) is 25.3. The van der Waals surface area contributed by atoms with E-state index in [2.05, 4.69) is 33.2 Å². The third kappa shape index (κ3) is 1.56. The molecule has 0 N–H and O–H groups in total. The Hall–Kier alpha value is -1.69. The van der Waals surface area contributed by atoms with Gasteiger partial charge in [-0.05, 0) is 58.2 Å². The largest absolute Gasteiger partial charge is 0.448 e. The van der Waals surface area contributed by atoms with Crippen molar-refractivity contribution in [2.75, 3.05) is 0 Å². The highest BCUT2D eigenvalue weighted by Gasteiger charge is 2.67. The maximum atomic E-state index is 12.6. The third-order valence-electron chi connectivity index (χ3n) is 5.53. The molecule has 2 saturated carbocycles. The molecule has 0 spiro atoms. The SMILES string of the molecule is O=C1[C@@H]2[C@@H]3C=C[C@H]([C@H]4C[C@H]34)[C@@H]2C(=O)N1/N=C\c1ccc(Br)o1. The van der Waals surface area contributed by atoms with Crippen LogP contribution in [0.15, 0.2) is 38.5 Å². The topological polar surface area (TPSA) is 62.9 Å². The average Bonchev–Trinajstić information content (AvgIpc) is 3.19. The third-order valence-corrected chi connectivity index (χ3v) is 5.96. The first kappa shape index (κ1) is 12.8. The molecule has 3 fully saturated rings. The van der Waals surface area contributed by atoms with Crippen LogP contribution in [0.2, 0.25) is 0 Å². The van der Waals surface area contributed by atoms with Crippen LogP contribution in [-0.4, -0.2) is 23.0 Å². The van der Waals surface area contributed by atoms with E-state index in [0.29, 0.717) is 22.3 Å². The van der Waals surface area contributed by atoms with Crippen LogP contribution in [0.1, 0.15) is 12.2 Å². The van der Waals surface area contributed by atoms with Crippen molar-refractivity contribution in [2.45, 2.75) is 6.42 Å². The zero-order chi connectivity index (χ0) is 15.0. The molecule has 4 aliphatic carbocycles. The van der Waals surface area contributed by atoms with Crippen LogP contribution in [0.25, 0.3) is 0 Å². The lowest BCUT2D eigenvalue weighted by atomic mass is 9.63. The molecule has 112 valence electrons. The molecule has 5 aliphatic rings. The van der Waals surface area contributed by atoms with Crippen molar-refractivity contribution in [1.29, 1.82) is 0 Å². The molecule has 1 saturated heterocycles. The number of hydrogen-bond acceptors (Lipinski definition) is 4. The Morgan fingerprint density at radius 1 is 1.14 bits per heavy atom. The molecule has 6 rings (SSSR count). The molecule has 6 heteroatoms. The van der Waals surface area contributed by atoms with Gasteiger partial charge in [0.25, 0.3) is 11.8 Å². The molecule has 5 nitrogen and oxygen atoms in total. The van der Waals surface area contributed by atoms with Crippen molar-refractivity contribution in [1.82, 2.24) is 5.01 Å². The highest BCUT2D eigenvalue weighted by Crippen LogP contribution is 2.65. The Kier molecular flexibility index (Phi) is 2.44. The molecule has 2 bridgehead atoms. The van der Waals surface area contributed by atoms with E-state index in [-0.39, 0.29) is 35.5 Å². The molecule has 0 unspecified atom stereocenters. The summed E-state index contributed by atoms with van der Waals surface area (Å²) in [6.07, 6.45) is 6.90. The van der Waals surface area contributed by atoms with Gasteiger partial charge < -0.3 is 4.42 Å². The summed E-state index contributed by atoms with van der Waals surface area (Å²) in [6, 6.07) is 3.47. The van der Waals surface area contributed by atoms with Gasteiger partial charge in [0, 0.05) is 0 Å². The van der Waals surface area contributed by atoms with E-state index in [9.17, 15) is 9.59 Å². The zero-order valence-electron chi connectivity index (χ0n) is 11.6. The average molecular weight is 361 g/mol. The van der Waals surface area contributed by atoms with Gasteiger partial charge in [-0.25, -0.2) is 0 Å². The lowest BCUT2D eigenvalue weighted by Gasteiger charge is -2.37. The first-order valence-electron chi connectivity index (χ1n) is 7.50. The van der Waals surface area contributed by atoms with Crippen molar-refractivity contribution >= 4 is 34.0 Å². The maximum Gasteiger partial charge on any atom is 0.254 e. The van der Waals surface area contributed by atoms with Gasteiger partial charge in [-0.2, -0.15) is 10.1 Å². The predicted molar refractivity (Wildman–Crippen MR) is 80.6 cm³/mol. The van der Waals surface area contributed by atoms with Gasteiger partial charge >= 0.3 is 0 Å². The summed E-state index contributed by atoms with van der Waals surface area (Å²) in [5.74, 6) is 1.48. The highest BCUT2D eigenvalue weighted by atomic mass is 79.9. The van der Waals surface area contributed by atoms with Crippen molar-refractivity contribution < 1.29 is 14.0 Å². The van der Waals surface area contributed by atoms with Gasteiger partial charge in [-0.1, -0.05) is 12.2 Å². The van der Waals surface area contributed by atoms with Crippen molar-refractivity contribution in [3.63, 3.8) is 0 Å². The summed E-state index contributed by atoms with van der Waals surface area (Å²) in [5, 5.41) is 5.16. The number of halogens is 1. The quantitative estimate of drug-likeness (QED) is 0.462. The van der Waals surface area contributed by atoms with Gasteiger partial charge in [0.15, 0.2) is 4.67 Å². The molecule has 0 aromatic carbocycles. The Labute approximate surface area is 135 Å². The molecule has 1 aliphatic heterocycles. The van der Waals surface area contributed by atoms with Crippen molar-refractivity contribution in [3.8, 4) is 0 Å². The molecule has 6 atom stereocenters. The molecule has 0 radical (unpaired) electrons. The first-order chi connectivity index (χ1) is 10.6. The number of nitrogens with zero attached hydrogens (tertiary/aromatic N) is 2. The molecular weight excluding hydrogens is 348 g/mol. The fraction of sp³-hybridized carbons (Fsp3) is 0.438. The molecular formula is C16H13BrN2O3. The van der Waals surface area contributed by atoms with Crippen molar-refractivity contribution in [2.24, 2.45) is 40.6 Å². The zero-order valence-corrected chi connectivity index (χ0v) is 13.1. The number of amides is 2. The van der Waals surface area contributed by atoms with Gasteiger partial charge in [0.1, 0.15) is 5.76 Å². The number of carbonyl (C=O) groups is 2. The van der Waals surface area contributed by atoms with Crippen LogP contribution in [0.5, 0.6) is 0 Å². The number of rotatable bonds is 2. The van der Waals surface area contributed by atoms with Gasteiger partial charge in [0.05, 0.1) is 18.1 Å². The molecule has 2 amide bonds. The predicted octanol–water partition coefficient (Wildman–Crippen LogP) is 2.43. The van der Waals surface area contributed by atoms with Crippen LogP contribution in [0.4, 0.5) is 0 Å². The van der Waals surface area contributed by atoms with E-state index in [0.717, 1.165) is 5.01 Å². The second-order valence-electron chi connectivity index (χ2n) is 6.53. The molecule has 1 aromatic heterocycles. The molecule has 1 aromatic rings. The number of allylic oxidation sites excluding steroid dienone is 2. The Morgan fingerprint density at radius 2 is 1.77 bits per heavy atom. The van der Waals surface area contributed by atoms with E-state index >= 15 is 0 Å². The first-order valence-corrected chi connectivity index (χ1v) is 8.30.